The average Bonchev–Trinajstić information content (AvgIpc) is 2.46. The van der Waals surface area contributed by atoms with E-state index in [4.69, 9.17) is 10.00 Å². The first-order chi connectivity index (χ1) is 9.14. The SMILES string of the molecule is N#CC=Cc1cccc(S(=O)(=O)N2CCOCC2)c1. The maximum absolute atomic E-state index is 12.4. The zero-order valence-electron chi connectivity index (χ0n) is 10.3. The summed E-state index contributed by atoms with van der Waals surface area (Å²) in [5, 5.41) is 8.48. The third-order valence-corrected chi connectivity index (χ3v) is 4.71. The molecule has 0 aromatic heterocycles. The number of rotatable bonds is 3. The fourth-order valence-electron chi connectivity index (χ4n) is 1.85. The van der Waals surface area contributed by atoms with Gasteiger partial charge in [0.05, 0.1) is 24.2 Å². The molecule has 0 N–H and O–H groups in total. The maximum Gasteiger partial charge on any atom is 0.243 e. The highest BCUT2D eigenvalue weighted by Crippen LogP contribution is 2.18. The summed E-state index contributed by atoms with van der Waals surface area (Å²) in [5.74, 6) is 0. The van der Waals surface area contributed by atoms with Crippen LogP contribution in [0.1, 0.15) is 5.56 Å². The van der Waals surface area contributed by atoms with Crippen LogP contribution in [0.15, 0.2) is 35.2 Å². The molecular weight excluding hydrogens is 264 g/mol. The van der Waals surface area contributed by atoms with Crippen LogP contribution in [0, 0.1) is 11.3 Å². The normalized spacial score (nSPS) is 17.4. The minimum absolute atomic E-state index is 0.245. The number of nitrogens with zero attached hydrogens (tertiary/aromatic N) is 2. The van der Waals surface area contributed by atoms with E-state index in [1.165, 1.54) is 10.4 Å². The van der Waals surface area contributed by atoms with E-state index >= 15 is 0 Å². The van der Waals surface area contributed by atoms with Gasteiger partial charge in [0, 0.05) is 19.2 Å². The van der Waals surface area contributed by atoms with Crippen molar-refractivity contribution in [2.24, 2.45) is 0 Å². The Morgan fingerprint density at radius 2 is 2.05 bits per heavy atom. The molecule has 1 aliphatic heterocycles. The zero-order chi connectivity index (χ0) is 13.7. The van der Waals surface area contributed by atoms with E-state index < -0.39 is 10.0 Å². The van der Waals surface area contributed by atoms with Crippen molar-refractivity contribution in [2.75, 3.05) is 26.3 Å². The zero-order valence-corrected chi connectivity index (χ0v) is 11.1. The number of morpholine rings is 1. The number of allylic oxidation sites excluding steroid dienone is 1. The average molecular weight is 278 g/mol. The first-order valence-corrected chi connectivity index (χ1v) is 7.33. The smallest absolute Gasteiger partial charge is 0.243 e. The predicted molar refractivity (Wildman–Crippen MR) is 70.7 cm³/mol. The maximum atomic E-state index is 12.4. The highest BCUT2D eigenvalue weighted by Gasteiger charge is 2.26. The number of sulfonamides is 1. The number of ether oxygens (including phenoxy) is 1. The third-order valence-electron chi connectivity index (χ3n) is 2.82. The van der Waals surface area contributed by atoms with E-state index in [-0.39, 0.29) is 4.90 Å². The second-order valence-electron chi connectivity index (χ2n) is 4.05. The lowest BCUT2D eigenvalue weighted by Crippen LogP contribution is -2.40. The van der Waals surface area contributed by atoms with Crippen LogP contribution in [-0.2, 0) is 14.8 Å². The summed E-state index contributed by atoms with van der Waals surface area (Å²) < 4.78 is 31.4. The monoisotopic (exact) mass is 278 g/mol. The van der Waals surface area contributed by atoms with Crippen LogP contribution in [0.25, 0.3) is 6.08 Å². The molecule has 0 unspecified atom stereocenters. The lowest BCUT2D eigenvalue weighted by atomic mass is 10.2. The number of benzene rings is 1. The van der Waals surface area contributed by atoms with Gasteiger partial charge >= 0.3 is 0 Å². The molecule has 0 spiro atoms. The number of nitriles is 1. The van der Waals surface area contributed by atoms with Gasteiger partial charge in [0.15, 0.2) is 0 Å². The molecule has 1 aliphatic rings. The van der Waals surface area contributed by atoms with E-state index in [0.29, 0.717) is 31.9 Å². The van der Waals surface area contributed by atoms with Gasteiger partial charge in [-0.05, 0) is 23.8 Å². The molecule has 0 amide bonds. The molecule has 0 saturated carbocycles. The van der Waals surface area contributed by atoms with Gasteiger partial charge in [0.1, 0.15) is 0 Å². The van der Waals surface area contributed by atoms with Crippen molar-refractivity contribution in [3.8, 4) is 6.07 Å². The number of hydrogen-bond donors (Lipinski definition) is 0. The van der Waals surface area contributed by atoms with Gasteiger partial charge in [0.25, 0.3) is 0 Å². The van der Waals surface area contributed by atoms with Crippen molar-refractivity contribution in [3.63, 3.8) is 0 Å². The van der Waals surface area contributed by atoms with E-state index in [1.807, 2.05) is 6.07 Å². The standard InChI is InChI=1S/C13H14N2O3S/c14-6-2-4-12-3-1-5-13(11-12)19(16,17)15-7-9-18-10-8-15/h1-5,11H,7-10H2. The van der Waals surface area contributed by atoms with Gasteiger partial charge in [-0.1, -0.05) is 12.1 Å². The Labute approximate surface area is 112 Å². The van der Waals surface area contributed by atoms with Crippen LogP contribution in [0.2, 0.25) is 0 Å². The molecular formula is C13H14N2O3S. The molecule has 5 nitrogen and oxygen atoms in total. The second-order valence-corrected chi connectivity index (χ2v) is 5.99. The molecule has 100 valence electrons. The number of hydrogen-bond acceptors (Lipinski definition) is 4. The summed E-state index contributed by atoms with van der Waals surface area (Å²) in [6.45, 7) is 1.60. The molecule has 1 aromatic rings. The summed E-state index contributed by atoms with van der Waals surface area (Å²) >= 11 is 0. The molecule has 0 bridgehead atoms. The molecule has 0 atom stereocenters. The molecule has 1 fully saturated rings. The minimum Gasteiger partial charge on any atom is -0.379 e. The third kappa shape index (κ3) is 3.20. The van der Waals surface area contributed by atoms with Crippen molar-refractivity contribution in [3.05, 3.63) is 35.9 Å². The highest BCUT2D eigenvalue weighted by atomic mass is 32.2. The topological polar surface area (TPSA) is 70.4 Å². The van der Waals surface area contributed by atoms with Crippen molar-refractivity contribution in [1.82, 2.24) is 4.31 Å². The van der Waals surface area contributed by atoms with Gasteiger partial charge in [-0.2, -0.15) is 9.57 Å². The Kier molecular flexibility index (Phi) is 4.32. The van der Waals surface area contributed by atoms with Crippen LogP contribution in [0.5, 0.6) is 0 Å². The summed E-state index contributed by atoms with van der Waals surface area (Å²) in [5.41, 5.74) is 0.691. The molecule has 1 heterocycles. The molecule has 2 rings (SSSR count). The Morgan fingerprint density at radius 3 is 2.74 bits per heavy atom. The van der Waals surface area contributed by atoms with E-state index in [9.17, 15) is 8.42 Å². The molecule has 19 heavy (non-hydrogen) atoms. The summed E-state index contributed by atoms with van der Waals surface area (Å²) in [7, 11) is -3.47. The first kappa shape index (κ1) is 13.7. The summed E-state index contributed by atoms with van der Waals surface area (Å²) in [4.78, 5) is 0.245. The molecule has 0 radical (unpaired) electrons. The fraction of sp³-hybridized carbons (Fsp3) is 0.308. The Bertz CT molecular complexity index is 611. The Balaban J connectivity index is 2.30. The lowest BCUT2D eigenvalue weighted by molar-refractivity contribution is 0.0730. The fourth-order valence-corrected chi connectivity index (χ4v) is 3.31. The van der Waals surface area contributed by atoms with E-state index in [0.717, 1.165) is 0 Å². The van der Waals surface area contributed by atoms with Gasteiger partial charge < -0.3 is 4.74 Å². The molecule has 1 aromatic carbocycles. The van der Waals surface area contributed by atoms with Gasteiger partial charge in [-0.15, -0.1) is 0 Å². The van der Waals surface area contributed by atoms with E-state index in [2.05, 4.69) is 0 Å². The van der Waals surface area contributed by atoms with Crippen LogP contribution < -0.4 is 0 Å². The quantitative estimate of drug-likeness (QED) is 0.780. The van der Waals surface area contributed by atoms with Crippen LogP contribution in [0.4, 0.5) is 0 Å². The van der Waals surface area contributed by atoms with Crippen molar-refractivity contribution < 1.29 is 13.2 Å². The van der Waals surface area contributed by atoms with Gasteiger partial charge in [0.2, 0.25) is 10.0 Å². The first-order valence-electron chi connectivity index (χ1n) is 5.89. The largest absolute Gasteiger partial charge is 0.379 e. The van der Waals surface area contributed by atoms with Crippen LogP contribution in [-0.4, -0.2) is 39.0 Å². The second kappa shape index (κ2) is 5.97. The Morgan fingerprint density at radius 1 is 1.32 bits per heavy atom. The minimum atomic E-state index is -3.47. The summed E-state index contributed by atoms with van der Waals surface area (Å²) in [6, 6.07) is 8.44. The van der Waals surface area contributed by atoms with Gasteiger partial charge in [-0.3, -0.25) is 0 Å². The molecule has 6 heteroatoms. The highest BCUT2D eigenvalue weighted by molar-refractivity contribution is 7.89. The van der Waals surface area contributed by atoms with Crippen molar-refractivity contribution >= 4 is 16.1 Å². The van der Waals surface area contributed by atoms with Crippen molar-refractivity contribution in [2.45, 2.75) is 4.90 Å². The molecule has 1 saturated heterocycles. The Hall–Kier alpha value is -1.68. The van der Waals surface area contributed by atoms with Crippen molar-refractivity contribution in [1.29, 1.82) is 5.26 Å². The van der Waals surface area contributed by atoms with Gasteiger partial charge in [-0.25, -0.2) is 8.42 Å². The summed E-state index contributed by atoms with van der Waals surface area (Å²) in [6.07, 6.45) is 2.90. The predicted octanol–water partition coefficient (Wildman–Crippen LogP) is 1.24. The van der Waals surface area contributed by atoms with Crippen LogP contribution in [0.3, 0.4) is 0 Å². The van der Waals surface area contributed by atoms with Crippen LogP contribution >= 0.6 is 0 Å². The van der Waals surface area contributed by atoms with E-state index in [1.54, 1.807) is 30.3 Å². The molecule has 0 aliphatic carbocycles. The lowest BCUT2D eigenvalue weighted by Gasteiger charge is -2.26.